The van der Waals surface area contributed by atoms with Gasteiger partial charge in [0.1, 0.15) is 5.75 Å². The lowest BCUT2D eigenvalue weighted by Gasteiger charge is -2.16. The molecule has 0 atom stereocenters. The van der Waals surface area contributed by atoms with Crippen LogP contribution in [0.25, 0.3) is 0 Å². The first-order valence-corrected chi connectivity index (χ1v) is 4.12. The van der Waals surface area contributed by atoms with Gasteiger partial charge in [-0.25, -0.2) is 0 Å². The molecule has 0 bridgehead atoms. The van der Waals surface area contributed by atoms with Crippen LogP contribution in [0.3, 0.4) is 0 Å². The van der Waals surface area contributed by atoms with Gasteiger partial charge >= 0.3 is 0 Å². The fourth-order valence-electron chi connectivity index (χ4n) is 1.45. The normalized spacial score (nSPS) is 14.2. The summed E-state index contributed by atoms with van der Waals surface area (Å²) in [6.07, 6.45) is 7.48. The monoisotopic (exact) mass is 158 g/mol. The fraction of sp³-hybridized carbons (Fsp3) is 0.273. The minimum atomic E-state index is 0.836. The topological polar surface area (TPSA) is 9.23 Å². The SMILES string of the molecule is C#Cc1ccc2c(c1)CCCO2. The van der Waals surface area contributed by atoms with Gasteiger partial charge in [-0.1, -0.05) is 5.92 Å². The van der Waals surface area contributed by atoms with Crippen molar-refractivity contribution in [3.63, 3.8) is 0 Å². The number of benzene rings is 1. The molecule has 0 saturated carbocycles. The predicted octanol–water partition coefficient (Wildman–Crippen LogP) is 1.99. The Labute approximate surface area is 72.4 Å². The van der Waals surface area contributed by atoms with Crippen molar-refractivity contribution in [3.8, 4) is 18.1 Å². The van der Waals surface area contributed by atoms with Crippen LogP contribution < -0.4 is 4.74 Å². The van der Waals surface area contributed by atoms with Gasteiger partial charge in [0.05, 0.1) is 6.61 Å². The second kappa shape index (κ2) is 2.91. The molecule has 0 aromatic heterocycles. The smallest absolute Gasteiger partial charge is 0.122 e. The summed E-state index contributed by atoms with van der Waals surface area (Å²) >= 11 is 0. The van der Waals surface area contributed by atoms with Crippen molar-refractivity contribution < 1.29 is 4.74 Å². The molecule has 1 heterocycles. The minimum absolute atomic E-state index is 0.836. The van der Waals surface area contributed by atoms with E-state index < -0.39 is 0 Å². The Bertz CT molecular complexity index is 333. The van der Waals surface area contributed by atoms with E-state index in [1.807, 2.05) is 18.2 Å². The Balaban J connectivity index is 2.44. The standard InChI is InChI=1S/C11H10O/c1-2-9-5-6-11-10(8-9)4-3-7-12-11/h1,5-6,8H,3-4,7H2. The summed E-state index contributed by atoms with van der Waals surface area (Å²) < 4.78 is 5.45. The van der Waals surface area contributed by atoms with Crippen LogP contribution in [0.1, 0.15) is 17.5 Å². The van der Waals surface area contributed by atoms with Crippen LogP contribution in [0, 0.1) is 12.3 Å². The first-order valence-electron chi connectivity index (χ1n) is 4.12. The van der Waals surface area contributed by atoms with E-state index >= 15 is 0 Å². The number of aryl methyl sites for hydroxylation is 1. The molecule has 1 aromatic carbocycles. The highest BCUT2D eigenvalue weighted by atomic mass is 16.5. The molecule has 0 fully saturated rings. The molecule has 1 aliphatic rings. The molecule has 12 heavy (non-hydrogen) atoms. The quantitative estimate of drug-likeness (QED) is 0.525. The van der Waals surface area contributed by atoms with Gasteiger partial charge in [-0.3, -0.25) is 0 Å². The highest BCUT2D eigenvalue weighted by Gasteiger charge is 2.09. The maximum atomic E-state index is 5.45. The second-order valence-electron chi connectivity index (χ2n) is 2.92. The maximum Gasteiger partial charge on any atom is 0.122 e. The molecule has 0 amide bonds. The maximum absolute atomic E-state index is 5.45. The van der Waals surface area contributed by atoms with Crippen molar-refractivity contribution in [3.05, 3.63) is 29.3 Å². The molecule has 0 spiro atoms. The molecular weight excluding hydrogens is 148 g/mol. The Morgan fingerprint density at radius 3 is 3.17 bits per heavy atom. The lowest BCUT2D eigenvalue weighted by molar-refractivity contribution is 0.288. The van der Waals surface area contributed by atoms with Crippen LogP contribution in [-0.4, -0.2) is 6.61 Å². The van der Waals surface area contributed by atoms with Gasteiger partial charge in [0, 0.05) is 5.56 Å². The summed E-state index contributed by atoms with van der Waals surface area (Å²) in [5, 5.41) is 0. The Hall–Kier alpha value is -1.42. The molecule has 60 valence electrons. The molecule has 0 saturated heterocycles. The van der Waals surface area contributed by atoms with Crippen molar-refractivity contribution in [1.82, 2.24) is 0 Å². The summed E-state index contributed by atoms with van der Waals surface area (Å²) in [6.45, 7) is 0.836. The summed E-state index contributed by atoms with van der Waals surface area (Å²) in [7, 11) is 0. The Morgan fingerprint density at radius 2 is 2.33 bits per heavy atom. The molecule has 1 heteroatoms. The van der Waals surface area contributed by atoms with E-state index in [4.69, 9.17) is 11.2 Å². The number of hydrogen-bond donors (Lipinski definition) is 0. The van der Waals surface area contributed by atoms with Gasteiger partial charge in [-0.15, -0.1) is 6.42 Å². The van der Waals surface area contributed by atoms with Crippen LogP contribution in [0.2, 0.25) is 0 Å². The summed E-state index contributed by atoms with van der Waals surface area (Å²) in [4.78, 5) is 0. The van der Waals surface area contributed by atoms with Crippen LogP contribution in [0.5, 0.6) is 5.75 Å². The summed E-state index contributed by atoms with van der Waals surface area (Å²) in [6, 6.07) is 5.92. The van der Waals surface area contributed by atoms with E-state index in [9.17, 15) is 0 Å². The molecule has 2 rings (SSSR count). The highest BCUT2D eigenvalue weighted by molar-refractivity contribution is 5.44. The van der Waals surface area contributed by atoms with Gasteiger partial charge < -0.3 is 4.74 Å². The first-order chi connectivity index (χ1) is 5.90. The Kier molecular flexibility index (Phi) is 1.75. The van der Waals surface area contributed by atoms with Gasteiger partial charge in [0.15, 0.2) is 0 Å². The summed E-state index contributed by atoms with van der Waals surface area (Å²) in [5.41, 5.74) is 2.19. The minimum Gasteiger partial charge on any atom is -0.493 e. The average molecular weight is 158 g/mol. The zero-order chi connectivity index (χ0) is 8.39. The van der Waals surface area contributed by atoms with Gasteiger partial charge in [0.2, 0.25) is 0 Å². The van der Waals surface area contributed by atoms with Crippen molar-refractivity contribution >= 4 is 0 Å². The van der Waals surface area contributed by atoms with Crippen LogP contribution in [0.4, 0.5) is 0 Å². The van der Waals surface area contributed by atoms with Gasteiger partial charge in [0.25, 0.3) is 0 Å². The van der Waals surface area contributed by atoms with E-state index in [0.29, 0.717) is 0 Å². The third kappa shape index (κ3) is 1.16. The molecular formula is C11H10O. The predicted molar refractivity (Wildman–Crippen MR) is 48.2 cm³/mol. The third-order valence-corrected chi connectivity index (χ3v) is 2.08. The molecule has 1 aliphatic heterocycles. The second-order valence-corrected chi connectivity index (χ2v) is 2.92. The molecule has 0 unspecified atom stereocenters. The molecule has 0 aliphatic carbocycles. The van der Waals surface area contributed by atoms with Crippen LogP contribution in [0.15, 0.2) is 18.2 Å². The van der Waals surface area contributed by atoms with Crippen molar-refractivity contribution in [2.75, 3.05) is 6.61 Å². The fourth-order valence-corrected chi connectivity index (χ4v) is 1.45. The average Bonchev–Trinajstić information content (AvgIpc) is 2.17. The number of hydrogen-bond acceptors (Lipinski definition) is 1. The number of ether oxygens (including phenoxy) is 1. The molecule has 0 radical (unpaired) electrons. The summed E-state index contributed by atoms with van der Waals surface area (Å²) in [5.74, 6) is 3.62. The molecule has 1 aromatic rings. The van der Waals surface area contributed by atoms with E-state index in [1.54, 1.807) is 0 Å². The number of fused-ring (bicyclic) bond motifs is 1. The van der Waals surface area contributed by atoms with Crippen molar-refractivity contribution in [1.29, 1.82) is 0 Å². The van der Waals surface area contributed by atoms with Gasteiger partial charge in [-0.2, -0.15) is 0 Å². The van der Waals surface area contributed by atoms with Crippen LogP contribution >= 0.6 is 0 Å². The zero-order valence-corrected chi connectivity index (χ0v) is 6.84. The van der Waals surface area contributed by atoms with E-state index in [1.165, 1.54) is 5.56 Å². The molecule has 1 nitrogen and oxygen atoms in total. The van der Waals surface area contributed by atoms with E-state index in [-0.39, 0.29) is 0 Å². The van der Waals surface area contributed by atoms with Crippen molar-refractivity contribution in [2.24, 2.45) is 0 Å². The van der Waals surface area contributed by atoms with Gasteiger partial charge in [-0.05, 0) is 36.6 Å². The largest absolute Gasteiger partial charge is 0.493 e. The number of rotatable bonds is 0. The lowest BCUT2D eigenvalue weighted by Crippen LogP contribution is -2.08. The van der Waals surface area contributed by atoms with E-state index in [0.717, 1.165) is 30.8 Å². The van der Waals surface area contributed by atoms with Crippen LogP contribution in [-0.2, 0) is 6.42 Å². The first kappa shape index (κ1) is 7.24. The number of terminal acetylenes is 1. The van der Waals surface area contributed by atoms with Crippen molar-refractivity contribution in [2.45, 2.75) is 12.8 Å². The zero-order valence-electron chi connectivity index (χ0n) is 6.84. The highest BCUT2D eigenvalue weighted by Crippen LogP contribution is 2.24. The Morgan fingerprint density at radius 1 is 1.42 bits per heavy atom. The third-order valence-electron chi connectivity index (χ3n) is 2.08. The van der Waals surface area contributed by atoms with E-state index in [2.05, 4.69) is 5.92 Å². The lowest BCUT2D eigenvalue weighted by atomic mass is 10.0. The molecule has 0 N–H and O–H groups in total.